The summed E-state index contributed by atoms with van der Waals surface area (Å²) in [4.78, 5) is 4.21. The second-order valence-electron chi connectivity index (χ2n) is 5.10. The van der Waals surface area contributed by atoms with Crippen LogP contribution >= 0.6 is 0 Å². The van der Waals surface area contributed by atoms with Crippen LogP contribution in [0.15, 0.2) is 24.5 Å². The van der Waals surface area contributed by atoms with Gasteiger partial charge in [-0.1, -0.05) is 17.7 Å². The molecule has 0 aliphatic carbocycles. The van der Waals surface area contributed by atoms with Gasteiger partial charge in [-0.05, 0) is 31.9 Å². The zero-order valence-corrected chi connectivity index (χ0v) is 12.2. The van der Waals surface area contributed by atoms with Crippen molar-refractivity contribution in [2.24, 2.45) is 0 Å². The summed E-state index contributed by atoms with van der Waals surface area (Å²) < 4.78 is 5.11. The van der Waals surface area contributed by atoms with E-state index in [1.807, 2.05) is 12.4 Å². The third kappa shape index (κ3) is 2.79. The zero-order valence-electron chi connectivity index (χ0n) is 12.2. The largest absolute Gasteiger partial charge is 0.383 e. The number of methoxy groups -OCH3 is 1. The molecule has 2 radical (unpaired) electrons. The van der Waals surface area contributed by atoms with Crippen molar-refractivity contribution in [2.45, 2.75) is 26.8 Å². The number of hydrogen-bond acceptors (Lipinski definition) is 3. The fourth-order valence-corrected chi connectivity index (χ4v) is 2.68. The molecule has 1 atom stereocenters. The fraction of sp³-hybridized carbons (Fsp3) is 0.467. The summed E-state index contributed by atoms with van der Waals surface area (Å²) in [6.07, 6.45) is 4.08. The lowest BCUT2D eigenvalue weighted by Crippen LogP contribution is -2.41. The minimum Gasteiger partial charge on any atom is -0.383 e. The van der Waals surface area contributed by atoms with E-state index in [9.17, 15) is 0 Å². The Morgan fingerprint density at radius 1 is 1.16 bits per heavy atom. The molecule has 0 amide bonds. The first-order chi connectivity index (χ1) is 9.04. The molecule has 3 nitrogen and oxygen atoms in total. The molecule has 0 fully saturated rings. The van der Waals surface area contributed by atoms with E-state index in [0.29, 0.717) is 6.61 Å². The maximum absolute atomic E-state index is 6.31. The van der Waals surface area contributed by atoms with Gasteiger partial charge in [0.25, 0.3) is 0 Å². The van der Waals surface area contributed by atoms with Gasteiger partial charge in [-0.15, -0.1) is 0 Å². The topological polar surface area (TPSA) is 15.7 Å². The highest BCUT2D eigenvalue weighted by molar-refractivity contribution is 6.14. The highest BCUT2D eigenvalue weighted by atomic mass is 16.5. The molecule has 0 bridgehead atoms. The van der Waals surface area contributed by atoms with Crippen LogP contribution in [-0.2, 0) is 4.74 Å². The van der Waals surface area contributed by atoms with Gasteiger partial charge in [-0.25, -0.2) is 0 Å². The van der Waals surface area contributed by atoms with Gasteiger partial charge in [-0.2, -0.15) is 0 Å². The average Bonchev–Trinajstić information content (AvgIpc) is 2.68. The molecule has 1 aliphatic heterocycles. The fourth-order valence-electron chi connectivity index (χ4n) is 2.68. The quantitative estimate of drug-likeness (QED) is 0.769. The standard InChI is InChI=1S/C15H21BN2O/c1-11-9-12(2)14(13(3)10-11)18-6-5-17(15(18)16)7-8-19-4/h5-6,9-10,15H,7-8H2,1-4H3. The number of nitrogens with zero attached hydrogens (tertiary/aromatic N) is 2. The molecular formula is C15H21BN2O. The Labute approximate surface area is 117 Å². The molecule has 1 heterocycles. The Morgan fingerprint density at radius 3 is 2.37 bits per heavy atom. The van der Waals surface area contributed by atoms with Crippen LogP contribution in [0.1, 0.15) is 16.7 Å². The summed E-state index contributed by atoms with van der Waals surface area (Å²) in [6, 6.07) is 4.23. The average molecular weight is 256 g/mol. The van der Waals surface area contributed by atoms with Crippen molar-refractivity contribution in [3.8, 4) is 0 Å². The van der Waals surface area contributed by atoms with Crippen molar-refractivity contribution in [3.63, 3.8) is 0 Å². The van der Waals surface area contributed by atoms with Crippen LogP contribution in [0.4, 0.5) is 5.69 Å². The highest BCUT2D eigenvalue weighted by Crippen LogP contribution is 2.30. The molecule has 4 heteroatoms. The second kappa shape index (κ2) is 5.70. The lowest BCUT2D eigenvalue weighted by molar-refractivity contribution is 0.168. The van der Waals surface area contributed by atoms with Crippen LogP contribution in [0.2, 0.25) is 0 Å². The summed E-state index contributed by atoms with van der Waals surface area (Å²) >= 11 is 0. The van der Waals surface area contributed by atoms with Crippen molar-refractivity contribution in [1.82, 2.24) is 4.90 Å². The van der Waals surface area contributed by atoms with Crippen LogP contribution in [-0.4, -0.2) is 39.1 Å². The first-order valence-corrected chi connectivity index (χ1v) is 6.59. The van der Waals surface area contributed by atoms with E-state index in [1.54, 1.807) is 7.11 Å². The molecule has 0 spiro atoms. The second-order valence-corrected chi connectivity index (χ2v) is 5.10. The van der Waals surface area contributed by atoms with Crippen LogP contribution in [0, 0.1) is 20.8 Å². The van der Waals surface area contributed by atoms with Gasteiger partial charge >= 0.3 is 0 Å². The molecule has 0 N–H and O–H groups in total. The monoisotopic (exact) mass is 256 g/mol. The summed E-state index contributed by atoms with van der Waals surface area (Å²) in [5.74, 6) is 0. The third-order valence-corrected chi connectivity index (χ3v) is 3.49. The van der Waals surface area contributed by atoms with Crippen molar-refractivity contribution < 1.29 is 4.74 Å². The first kappa shape index (κ1) is 14.0. The van der Waals surface area contributed by atoms with Crippen LogP contribution < -0.4 is 4.90 Å². The number of anilines is 1. The minimum atomic E-state index is -0.157. The molecule has 2 rings (SSSR count). The van der Waals surface area contributed by atoms with Crippen molar-refractivity contribution in [3.05, 3.63) is 41.2 Å². The number of rotatable bonds is 4. The van der Waals surface area contributed by atoms with E-state index in [1.165, 1.54) is 22.4 Å². The molecule has 19 heavy (non-hydrogen) atoms. The van der Waals surface area contributed by atoms with Gasteiger partial charge in [0.05, 0.1) is 12.7 Å². The number of hydrogen-bond donors (Lipinski definition) is 0. The summed E-state index contributed by atoms with van der Waals surface area (Å²) in [7, 11) is 8.01. The molecule has 1 unspecified atom stereocenters. The third-order valence-electron chi connectivity index (χ3n) is 3.49. The van der Waals surface area contributed by atoms with Crippen molar-refractivity contribution in [2.75, 3.05) is 25.2 Å². The zero-order chi connectivity index (χ0) is 14.0. The Morgan fingerprint density at radius 2 is 1.79 bits per heavy atom. The molecule has 0 aromatic heterocycles. The molecule has 0 saturated heterocycles. The molecular weight excluding hydrogens is 235 g/mol. The minimum absolute atomic E-state index is 0.157. The Hall–Kier alpha value is -1.42. The van der Waals surface area contributed by atoms with Gasteiger partial charge in [0.15, 0.2) is 0 Å². The van der Waals surface area contributed by atoms with E-state index >= 15 is 0 Å². The van der Waals surface area contributed by atoms with Gasteiger partial charge in [0, 0.05) is 31.7 Å². The summed E-state index contributed by atoms with van der Waals surface area (Å²) in [6.45, 7) is 7.86. The van der Waals surface area contributed by atoms with E-state index in [-0.39, 0.29) is 6.07 Å². The normalized spacial score (nSPS) is 18.4. The lowest BCUT2D eigenvalue weighted by atomic mass is 9.98. The number of ether oxygens (including phenoxy) is 1. The van der Waals surface area contributed by atoms with E-state index < -0.39 is 0 Å². The lowest BCUT2D eigenvalue weighted by Gasteiger charge is -2.32. The van der Waals surface area contributed by atoms with Gasteiger partial charge in [0.2, 0.25) is 0 Å². The predicted octanol–water partition coefficient (Wildman–Crippen LogP) is 2.30. The molecule has 1 aromatic carbocycles. The van der Waals surface area contributed by atoms with Gasteiger partial charge < -0.3 is 14.5 Å². The number of benzene rings is 1. The van der Waals surface area contributed by atoms with Crippen LogP contribution in [0.3, 0.4) is 0 Å². The number of aryl methyl sites for hydroxylation is 3. The summed E-state index contributed by atoms with van der Waals surface area (Å²) in [5, 5.41) is 0. The molecule has 0 saturated carbocycles. The molecule has 100 valence electrons. The SMILES string of the molecule is [B]C1N(CCOC)C=CN1c1c(C)cc(C)cc1C. The van der Waals surface area contributed by atoms with E-state index in [2.05, 4.69) is 42.7 Å². The van der Waals surface area contributed by atoms with E-state index in [0.717, 1.165) is 6.54 Å². The predicted molar refractivity (Wildman–Crippen MR) is 80.4 cm³/mol. The molecule has 1 aromatic rings. The van der Waals surface area contributed by atoms with Crippen molar-refractivity contribution >= 4 is 13.5 Å². The Balaban J connectivity index is 2.23. The van der Waals surface area contributed by atoms with E-state index in [4.69, 9.17) is 12.6 Å². The Bertz CT molecular complexity index is 464. The van der Waals surface area contributed by atoms with Gasteiger partial charge in [-0.3, -0.25) is 0 Å². The maximum atomic E-state index is 6.31. The van der Waals surface area contributed by atoms with Crippen LogP contribution in [0.25, 0.3) is 0 Å². The Kier molecular flexibility index (Phi) is 4.20. The summed E-state index contributed by atoms with van der Waals surface area (Å²) in [5.41, 5.74) is 5.00. The highest BCUT2D eigenvalue weighted by Gasteiger charge is 2.24. The smallest absolute Gasteiger partial charge is 0.130 e. The molecule has 1 aliphatic rings. The van der Waals surface area contributed by atoms with Gasteiger partial charge in [0.1, 0.15) is 7.85 Å². The first-order valence-electron chi connectivity index (χ1n) is 6.59. The maximum Gasteiger partial charge on any atom is 0.130 e. The van der Waals surface area contributed by atoms with Crippen LogP contribution in [0.5, 0.6) is 0 Å². The van der Waals surface area contributed by atoms with Crippen molar-refractivity contribution in [1.29, 1.82) is 0 Å².